The minimum atomic E-state index is -0.328. The molecule has 1 aromatic carbocycles. The van der Waals surface area contributed by atoms with Crippen LogP contribution in [-0.2, 0) is 0 Å². The van der Waals surface area contributed by atoms with Crippen LogP contribution in [0.4, 0.5) is 10.2 Å². The third-order valence-electron chi connectivity index (χ3n) is 8.27. The van der Waals surface area contributed by atoms with Gasteiger partial charge in [0.15, 0.2) is 0 Å². The van der Waals surface area contributed by atoms with Crippen molar-refractivity contribution in [3.8, 4) is 11.3 Å². The number of aromatic nitrogens is 2. The summed E-state index contributed by atoms with van der Waals surface area (Å²) in [5.41, 5.74) is 1.15. The number of hydrogen-bond acceptors (Lipinski definition) is 4. The molecule has 168 valence electrons. The Labute approximate surface area is 194 Å². The van der Waals surface area contributed by atoms with Gasteiger partial charge in [0.2, 0.25) is 0 Å². The van der Waals surface area contributed by atoms with E-state index in [0.29, 0.717) is 22.2 Å². The lowest BCUT2D eigenvalue weighted by atomic mass is 9.93. The van der Waals surface area contributed by atoms with E-state index in [4.69, 9.17) is 11.6 Å². The van der Waals surface area contributed by atoms with Crippen LogP contribution in [0.15, 0.2) is 42.5 Å². The molecule has 0 spiro atoms. The topological polar surface area (TPSA) is 41.0 Å². The minimum Gasteiger partial charge on any atom is -0.368 e. The zero-order chi connectivity index (χ0) is 21.7. The van der Waals surface area contributed by atoms with Crippen LogP contribution < -0.4 is 5.32 Å². The van der Waals surface area contributed by atoms with Crippen molar-refractivity contribution >= 4 is 17.4 Å². The molecule has 2 aromatic rings. The van der Waals surface area contributed by atoms with Crippen LogP contribution >= 0.6 is 11.6 Å². The Hall–Kier alpha value is -1.98. The number of benzene rings is 1. The first kappa shape index (κ1) is 20.6. The van der Waals surface area contributed by atoms with Gasteiger partial charge in [-0.3, -0.25) is 0 Å². The van der Waals surface area contributed by atoms with Crippen molar-refractivity contribution in [2.24, 2.45) is 35.5 Å². The van der Waals surface area contributed by atoms with E-state index >= 15 is 0 Å². The molecule has 4 nitrogen and oxygen atoms in total. The number of halogens is 2. The first-order valence-electron chi connectivity index (χ1n) is 12.0. The van der Waals surface area contributed by atoms with Crippen molar-refractivity contribution in [3.05, 3.63) is 53.3 Å². The molecule has 6 atom stereocenters. The molecular formula is C26H30ClFN4. The molecule has 2 saturated carbocycles. The summed E-state index contributed by atoms with van der Waals surface area (Å²) < 4.78 is 13.5. The lowest BCUT2D eigenvalue weighted by Crippen LogP contribution is -2.30. The zero-order valence-corrected chi connectivity index (χ0v) is 19.0. The van der Waals surface area contributed by atoms with Crippen molar-refractivity contribution in [1.82, 2.24) is 15.1 Å². The number of nitrogens with one attached hydrogen (secondary N) is 1. The molecule has 0 amide bonds. The molecule has 3 fully saturated rings. The molecule has 4 aliphatic rings. The number of allylic oxidation sites excluding steroid dienone is 2. The molecule has 1 N–H and O–H groups in total. The van der Waals surface area contributed by atoms with Gasteiger partial charge in [-0.15, -0.1) is 10.2 Å². The zero-order valence-electron chi connectivity index (χ0n) is 18.3. The average molecular weight is 453 g/mol. The summed E-state index contributed by atoms with van der Waals surface area (Å²) in [7, 11) is 0. The van der Waals surface area contributed by atoms with Crippen molar-refractivity contribution in [1.29, 1.82) is 0 Å². The Morgan fingerprint density at radius 3 is 2.53 bits per heavy atom. The SMILES string of the molecule is Fc1ccc(Cl)c(-c2ccc(NCC3C[C@@H]4CN(CC5CC6C=CC5C6)C[C@@H]4C3)nn2)c1. The van der Waals surface area contributed by atoms with Crippen molar-refractivity contribution < 1.29 is 4.39 Å². The van der Waals surface area contributed by atoms with E-state index in [-0.39, 0.29) is 5.82 Å². The smallest absolute Gasteiger partial charge is 0.148 e. The molecule has 6 heteroatoms. The first-order chi connectivity index (χ1) is 15.6. The Morgan fingerprint density at radius 1 is 1.00 bits per heavy atom. The standard InChI is InChI=1S/C26H30ClFN4/c27-24-4-3-22(28)11-23(24)25-5-6-26(31-30-25)29-12-17-9-20-14-32(15-21(20)10-17)13-19-8-16-1-2-18(19)7-16/h1-6,11,16-21H,7-10,12-15H2,(H,29,31)/t16?,17?,18?,19?,20-,21+. The Kier molecular flexibility index (Phi) is 5.42. The van der Waals surface area contributed by atoms with Crippen molar-refractivity contribution in [3.63, 3.8) is 0 Å². The fraction of sp³-hybridized carbons (Fsp3) is 0.538. The molecule has 2 bridgehead atoms. The molecular weight excluding hydrogens is 423 g/mol. The van der Waals surface area contributed by atoms with Crippen LogP contribution in [0.2, 0.25) is 5.02 Å². The van der Waals surface area contributed by atoms with E-state index in [1.165, 1.54) is 57.5 Å². The van der Waals surface area contributed by atoms with Gasteiger partial charge in [-0.1, -0.05) is 23.8 Å². The minimum absolute atomic E-state index is 0.328. The van der Waals surface area contributed by atoms with Crippen LogP contribution in [0.25, 0.3) is 11.3 Å². The summed E-state index contributed by atoms with van der Waals surface area (Å²) in [4.78, 5) is 2.76. The van der Waals surface area contributed by atoms with E-state index in [2.05, 4.69) is 32.6 Å². The maximum Gasteiger partial charge on any atom is 0.148 e. The fourth-order valence-electron chi connectivity index (χ4n) is 6.79. The molecule has 2 heterocycles. The van der Waals surface area contributed by atoms with Gasteiger partial charge in [-0.2, -0.15) is 0 Å². The molecule has 0 radical (unpaired) electrons. The van der Waals surface area contributed by atoms with Gasteiger partial charge in [0.1, 0.15) is 11.6 Å². The predicted molar refractivity (Wildman–Crippen MR) is 126 cm³/mol. The van der Waals surface area contributed by atoms with Crippen LogP contribution in [0, 0.1) is 41.3 Å². The second kappa shape index (κ2) is 8.42. The highest BCUT2D eigenvalue weighted by atomic mass is 35.5. The van der Waals surface area contributed by atoms with Gasteiger partial charge in [-0.25, -0.2) is 4.39 Å². The van der Waals surface area contributed by atoms with Crippen LogP contribution in [0.5, 0.6) is 0 Å². The monoisotopic (exact) mass is 452 g/mol. The largest absolute Gasteiger partial charge is 0.368 e. The van der Waals surface area contributed by atoms with E-state index in [1.54, 1.807) is 6.07 Å². The first-order valence-corrected chi connectivity index (χ1v) is 12.4. The summed E-state index contributed by atoms with van der Waals surface area (Å²) in [6.07, 6.45) is 10.4. The summed E-state index contributed by atoms with van der Waals surface area (Å²) in [6, 6.07) is 8.05. The van der Waals surface area contributed by atoms with Gasteiger partial charge in [0.25, 0.3) is 0 Å². The maximum absolute atomic E-state index is 13.5. The highest BCUT2D eigenvalue weighted by Gasteiger charge is 2.43. The molecule has 1 aliphatic heterocycles. The number of hydrogen-bond donors (Lipinski definition) is 1. The van der Waals surface area contributed by atoms with Crippen molar-refractivity contribution in [2.75, 3.05) is 31.5 Å². The number of nitrogens with zero attached hydrogens (tertiary/aromatic N) is 3. The lowest BCUT2D eigenvalue weighted by molar-refractivity contribution is 0.234. The van der Waals surface area contributed by atoms with Crippen LogP contribution in [0.3, 0.4) is 0 Å². The van der Waals surface area contributed by atoms with Crippen molar-refractivity contribution in [2.45, 2.75) is 25.7 Å². The van der Waals surface area contributed by atoms with Crippen LogP contribution in [-0.4, -0.2) is 41.3 Å². The van der Waals surface area contributed by atoms with E-state index in [0.717, 1.165) is 42.0 Å². The summed E-state index contributed by atoms with van der Waals surface area (Å²) in [6.45, 7) is 4.85. The van der Waals surface area contributed by atoms with E-state index in [1.807, 2.05) is 12.1 Å². The number of rotatable bonds is 6. The third kappa shape index (κ3) is 4.06. The van der Waals surface area contributed by atoms with Gasteiger partial charge in [0, 0.05) is 31.7 Å². The Morgan fingerprint density at radius 2 is 1.84 bits per heavy atom. The highest BCUT2D eigenvalue weighted by Crippen LogP contribution is 2.46. The number of anilines is 1. The average Bonchev–Trinajstić information content (AvgIpc) is 3.56. The molecule has 32 heavy (non-hydrogen) atoms. The lowest BCUT2D eigenvalue weighted by Gasteiger charge is -2.26. The highest BCUT2D eigenvalue weighted by molar-refractivity contribution is 6.33. The molecule has 1 saturated heterocycles. The van der Waals surface area contributed by atoms with Gasteiger partial charge >= 0.3 is 0 Å². The summed E-state index contributed by atoms with van der Waals surface area (Å²) in [5, 5.41) is 12.5. The Bertz CT molecular complexity index is 995. The predicted octanol–water partition coefficient (Wildman–Crippen LogP) is 5.52. The molecule has 4 unspecified atom stereocenters. The summed E-state index contributed by atoms with van der Waals surface area (Å²) in [5.74, 6) is 5.52. The molecule has 1 aromatic heterocycles. The quantitative estimate of drug-likeness (QED) is 0.586. The number of fused-ring (bicyclic) bond motifs is 3. The molecule has 6 rings (SSSR count). The molecule has 3 aliphatic carbocycles. The third-order valence-corrected chi connectivity index (χ3v) is 8.60. The van der Waals surface area contributed by atoms with Gasteiger partial charge < -0.3 is 10.2 Å². The second-order valence-corrected chi connectivity index (χ2v) is 10.8. The van der Waals surface area contributed by atoms with E-state index < -0.39 is 0 Å². The Balaban J connectivity index is 0.986. The summed E-state index contributed by atoms with van der Waals surface area (Å²) >= 11 is 6.18. The number of likely N-dealkylation sites (tertiary alicyclic amines) is 1. The second-order valence-electron chi connectivity index (χ2n) is 10.4. The normalized spacial score (nSPS) is 33.2. The maximum atomic E-state index is 13.5. The van der Waals surface area contributed by atoms with Gasteiger partial charge in [-0.05, 0) is 91.5 Å². The van der Waals surface area contributed by atoms with Crippen LogP contribution in [0.1, 0.15) is 25.7 Å². The van der Waals surface area contributed by atoms with E-state index in [9.17, 15) is 4.39 Å². The fourth-order valence-corrected chi connectivity index (χ4v) is 7.00. The van der Waals surface area contributed by atoms with Gasteiger partial charge in [0.05, 0.1) is 10.7 Å².